The van der Waals surface area contributed by atoms with Crippen molar-refractivity contribution < 1.29 is 23.5 Å². The molecule has 1 fully saturated rings. The van der Waals surface area contributed by atoms with Crippen LogP contribution in [-0.2, 0) is 25.7 Å². The maximum absolute atomic E-state index is 11.7. The lowest BCUT2D eigenvalue weighted by Gasteiger charge is -2.14. The van der Waals surface area contributed by atoms with Crippen LogP contribution in [0.3, 0.4) is 0 Å². The predicted octanol–water partition coefficient (Wildman–Crippen LogP) is -0.343. The smallest absolute Gasteiger partial charge is 0.311 e. The summed E-state index contributed by atoms with van der Waals surface area (Å²) >= 11 is 0. The van der Waals surface area contributed by atoms with Crippen LogP contribution in [0.2, 0.25) is 0 Å². The lowest BCUT2D eigenvalue weighted by Crippen LogP contribution is -2.28. The number of likely N-dealkylation sites (tertiary alicyclic amines) is 1. The molecule has 7 heteroatoms. The molecule has 2 amide bonds. The Kier molecular flexibility index (Phi) is 3.84. The number of nitrogens with zero attached hydrogens (tertiary/aromatic N) is 1. The van der Waals surface area contributed by atoms with E-state index >= 15 is 0 Å². The van der Waals surface area contributed by atoms with Crippen molar-refractivity contribution in [2.75, 3.05) is 13.2 Å². The number of hydrogen-bond donors (Lipinski definition) is 1. The quantitative estimate of drug-likeness (QED) is 0.734. The zero-order valence-corrected chi connectivity index (χ0v) is 10.2. The SMILES string of the molecule is NC(=O)COC(=O)[C@H]1CC(=O)N(Cc2ccco2)C1. The third-order valence-electron chi connectivity index (χ3n) is 2.83. The Balaban J connectivity index is 1.88. The largest absolute Gasteiger partial charge is 0.467 e. The first kappa shape index (κ1) is 13.1. The summed E-state index contributed by atoms with van der Waals surface area (Å²) < 4.78 is 9.85. The van der Waals surface area contributed by atoms with Crippen molar-refractivity contribution in [3.63, 3.8) is 0 Å². The van der Waals surface area contributed by atoms with Crippen LogP contribution in [0.4, 0.5) is 0 Å². The molecule has 1 aliphatic heterocycles. The van der Waals surface area contributed by atoms with Crippen molar-refractivity contribution in [1.29, 1.82) is 0 Å². The van der Waals surface area contributed by atoms with Crippen LogP contribution in [0, 0.1) is 5.92 Å². The van der Waals surface area contributed by atoms with E-state index in [1.807, 2.05) is 0 Å². The van der Waals surface area contributed by atoms with E-state index in [4.69, 9.17) is 14.9 Å². The highest BCUT2D eigenvalue weighted by Crippen LogP contribution is 2.21. The summed E-state index contributed by atoms with van der Waals surface area (Å²) in [6.07, 6.45) is 1.60. The molecule has 2 rings (SSSR count). The van der Waals surface area contributed by atoms with Crippen LogP contribution < -0.4 is 5.73 Å². The monoisotopic (exact) mass is 266 g/mol. The number of furan rings is 1. The normalized spacial score (nSPS) is 18.6. The predicted molar refractivity (Wildman–Crippen MR) is 62.4 cm³/mol. The third-order valence-corrected chi connectivity index (χ3v) is 2.83. The molecule has 1 atom stereocenters. The van der Waals surface area contributed by atoms with Gasteiger partial charge < -0.3 is 19.8 Å². The molecular formula is C12H14N2O5. The highest BCUT2D eigenvalue weighted by Gasteiger charge is 2.35. The lowest BCUT2D eigenvalue weighted by molar-refractivity contribution is -0.151. The Bertz CT molecular complexity index is 482. The van der Waals surface area contributed by atoms with Gasteiger partial charge in [0, 0.05) is 13.0 Å². The molecule has 0 saturated carbocycles. The summed E-state index contributed by atoms with van der Waals surface area (Å²) in [5, 5.41) is 0. The summed E-state index contributed by atoms with van der Waals surface area (Å²) in [6, 6.07) is 3.49. The van der Waals surface area contributed by atoms with Gasteiger partial charge in [-0.1, -0.05) is 0 Å². The minimum atomic E-state index is -0.717. The molecule has 19 heavy (non-hydrogen) atoms. The molecule has 1 saturated heterocycles. The second-order valence-corrected chi connectivity index (χ2v) is 4.33. The second-order valence-electron chi connectivity index (χ2n) is 4.33. The van der Waals surface area contributed by atoms with Crippen molar-refractivity contribution in [1.82, 2.24) is 4.90 Å². The number of rotatable bonds is 5. The van der Waals surface area contributed by atoms with Gasteiger partial charge in [-0.05, 0) is 12.1 Å². The van der Waals surface area contributed by atoms with E-state index in [0.717, 1.165) is 0 Å². The van der Waals surface area contributed by atoms with E-state index in [1.165, 1.54) is 11.2 Å². The number of carbonyl (C=O) groups excluding carboxylic acids is 3. The zero-order valence-electron chi connectivity index (χ0n) is 10.2. The number of amides is 2. The molecule has 0 radical (unpaired) electrons. The van der Waals surface area contributed by atoms with Crippen molar-refractivity contribution >= 4 is 17.8 Å². The van der Waals surface area contributed by atoms with E-state index < -0.39 is 24.4 Å². The Labute approximate surface area is 109 Å². The van der Waals surface area contributed by atoms with Gasteiger partial charge in [-0.3, -0.25) is 14.4 Å². The Morgan fingerprint density at radius 3 is 2.95 bits per heavy atom. The number of esters is 1. The fourth-order valence-corrected chi connectivity index (χ4v) is 1.93. The molecule has 7 nitrogen and oxygen atoms in total. The van der Waals surface area contributed by atoms with Gasteiger partial charge in [0.15, 0.2) is 6.61 Å². The molecular weight excluding hydrogens is 252 g/mol. The summed E-state index contributed by atoms with van der Waals surface area (Å²) in [5.74, 6) is -1.34. The molecule has 1 aromatic heterocycles. The summed E-state index contributed by atoms with van der Waals surface area (Å²) in [7, 11) is 0. The minimum absolute atomic E-state index is 0.0817. The highest BCUT2D eigenvalue weighted by atomic mass is 16.5. The van der Waals surface area contributed by atoms with Gasteiger partial charge >= 0.3 is 5.97 Å². The molecule has 0 bridgehead atoms. The van der Waals surface area contributed by atoms with Crippen LogP contribution in [0.15, 0.2) is 22.8 Å². The number of primary amides is 1. The number of hydrogen-bond acceptors (Lipinski definition) is 5. The van der Waals surface area contributed by atoms with Crippen LogP contribution in [0.1, 0.15) is 12.2 Å². The standard InChI is InChI=1S/C12H14N2O5/c13-10(15)7-19-12(17)8-4-11(16)14(5-8)6-9-2-1-3-18-9/h1-3,8H,4-7H2,(H2,13,15)/t8-/m0/s1. The van der Waals surface area contributed by atoms with Crippen LogP contribution in [-0.4, -0.2) is 35.8 Å². The summed E-state index contributed by atoms with van der Waals surface area (Å²) in [4.78, 5) is 35.4. The lowest BCUT2D eigenvalue weighted by atomic mass is 10.1. The first-order chi connectivity index (χ1) is 9.06. The zero-order chi connectivity index (χ0) is 13.8. The van der Waals surface area contributed by atoms with Crippen LogP contribution in [0.5, 0.6) is 0 Å². The highest BCUT2D eigenvalue weighted by molar-refractivity contribution is 5.87. The molecule has 2 N–H and O–H groups in total. The molecule has 0 unspecified atom stereocenters. The van der Waals surface area contributed by atoms with E-state index in [-0.39, 0.29) is 18.9 Å². The van der Waals surface area contributed by atoms with Gasteiger partial charge in [0.25, 0.3) is 5.91 Å². The fraction of sp³-hybridized carbons (Fsp3) is 0.417. The molecule has 102 valence electrons. The first-order valence-electron chi connectivity index (χ1n) is 5.81. The van der Waals surface area contributed by atoms with Crippen molar-refractivity contribution in [2.45, 2.75) is 13.0 Å². The topological polar surface area (TPSA) is 103 Å². The summed E-state index contributed by atoms with van der Waals surface area (Å²) in [5.41, 5.74) is 4.88. The van der Waals surface area contributed by atoms with Gasteiger partial charge in [0.2, 0.25) is 5.91 Å². The van der Waals surface area contributed by atoms with Crippen LogP contribution >= 0.6 is 0 Å². The second kappa shape index (κ2) is 5.55. The average molecular weight is 266 g/mol. The van der Waals surface area contributed by atoms with Gasteiger partial charge in [-0.25, -0.2) is 0 Å². The molecule has 0 aliphatic carbocycles. The van der Waals surface area contributed by atoms with E-state index in [2.05, 4.69) is 0 Å². The molecule has 1 aromatic rings. The summed E-state index contributed by atoms with van der Waals surface area (Å²) in [6.45, 7) is 0.129. The molecule has 0 spiro atoms. The maximum Gasteiger partial charge on any atom is 0.311 e. The number of ether oxygens (including phenoxy) is 1. The fourth-order valence-electron chi connectivity index (χ4n) is 1.93. The minimum Gasteiger partial charge on any atom is -0.467 e. The van der Waals surface area contributed by atoms with E-state index in [1.54, 1.807) is 12.1 Å². The van der Waals surface area contributed by atoms with Gasteiger partial charge in [0.1, 0.15) is 5.76 Å². The number of carbonyl (C=O) groups is 3. The van der Waals surface area contributed by atoms with Gasteiger partial charge in [-0.15, -0.1) is 0 Å². The Hall–Kier alpha value is -2.31. The third kappa shape index (κ3) is 3.34. The van der Waals surface area contributed by atoms with Gasteiger partial charge in [0.05, 0.1) is 18.7 Å². The number of nitrogens with two attached hydrogens (primary N) is 1. The van der Waals surface area contributed by atoms with Gasteiger partial charge in [-0.2, -0.15) is 0 Å². The van der Waals surface area contributed by atoms with Crippen molar-refractivity contribution in [2.24, 2.45) is 11.7 Å². The Morgan fingerprint density at radius 2 is 2.32 bits per heavy atom. The van der Waals surface area contributed by atoms with Crippen molar-refractivity contribution in [3.8, 4) is 0 Å². The molecule has 2 heterocycles. The van der Waals surface area contributed by atoms with E-state index in [9.17, 15) is 14.4 Å². The maximum atomic E-state index is 11.7. The average Bonchev–Trinajstić information content (AvgIpc) is 2.98. The molecule has 1 aliphatic rings. The molecule has 0 aromatic carbocycles. The van der Waals surface area contributed by atoms with Crippen LogP contribution in [0.25, 0.3) is 0 Å². The van der Waals surface area contributed by atoms with E-state index in [0.29, 0.717) is 12.3 Å². The first-order valence-corrected chi connectivity index (χ1v) is 5.81. The van der Waals surface area contributed by atoms with Crippen molar-refractivity contribution in [3.05, 3.63) is 24.2 Å². The Morgan fingerprint density at radius 1 is 1.53 bits per heavy atom.